The lowest BCUT2D eigenvalue weighted by Crippen LogP contribution is -2.24. The van der Waals surface area contributed by atoms with E-state index in [1.165, 1.54) is 12.1 Å². The molecule has 0 radical (unpaired) electrons. The Balaban J connectivity index is 2.10. The molecule has 2 aromatic rings. The van der Waals surface area contributed by atoms with Crippen LogP contribution in [0.2, 0.25) is 5.02 Å². The molecule has 0 saturated carbocycles. The topological polar surface area (TPSA) is 89.6 Å². The third-order valence-corrected chi connectivity index (χ3v) is 4.43. The Bertz CT molecular complexity index is 843. The summed E-state index contributed by atoms with van der Waals surface area (Å²) in [6, 6.07) is 6.29. The minimum Gasteiger partial charge on any atom is -0.369 e. The van der Waals surface area contributed by atoms with Gasteiger partial charge in [0.25, 0.3) is 0 Å². The Hall–Kier alpha value is -2.47. The van der Waals surface area contributed by atoms with Crippen LogP contribution in [0.15, 0.2) is 40.7 Å². The molecule has 0 saturated heterocycles. The van der Waals surface area contributed by atoms with Crippen LogP contribution in [-0.2, 0) is 6.42 Å². The first kappa shape index (κ1) is 16.4. The van der Waals surface area contributed by atoms with Crippen molar-refractivity contribution < 1.29 is 4.39 Å². The SMILES string of the molecule is Cc1ccnc2c1/C(=N\N=C(N)N)CC(c1cc(F)ccc1Cl)C2. The number of aromatic nitrogens is 1. The monoisotopic (exact) mass is 345 g/mol. The van der Waals surface area contributed by atoms with Crippen molar-refractivity contribution in [3.63, 3.8) is 0 Å². The zero-order chi connectivity index (χ0) is 17.3. The van der Waals surface area contributed by atoms with E-state index in [2.05, 4.69) is 15.2 Å². The number of aryl methyl sites for hydroxylation is 1. The highest BCUT2D eigenvalue weighted by molar-refractivity contribution is 6.31. The van der Waals surface area contributed by atoms with E-state index in [0.717, 1.165) is 28.1 Å². The summed E-state index contributed by atoms with van der Waals surface area (Å²) in [5.41, 5.74) is 15.1. The van der Waals surface area contributed by atoms with Crippen LogP contribution in [0.3, 0.4) is 0 Å². The van der Waals surface area contributed by atoms with Gasteiger partial charge in [-0.05, 0) is 61.1 Å². The summed E-state index contributed by atoms with van der Waals surface area (Å²) in [4.78, 5) is 4.46. The predicted octanol–water partition coefficient (Wildman–Crippen LogP) is 2.89. The molecule has 4 N–H and O–H groups in total. The minimum absolute atomic E-state index is 0.0389. The lowest BCUT2D eigenvalue weighted by Gasteiger charge is -2.27. The molecule has 3 rings (SSSR count). The molecule has 1 atom stereocenters. The molecule has 1 heterocycles. The first-order chi connectivity index (χ1) is 11.5. The quantitative estimate of drug-likeness (QED) is 0.498. The molecule has 1 aliphatic rings. The fraction of sp³-hybridized carbons (Fsp3) is 0.235. The minimum atomic E-state index is -0.319. The molecule has 0 spiro atoms. The maximum atomic E-state index is 13.7. The highest BCUT2D eigenvalue weighted by Crippen LogP contribution is 2.36. The Labute approximate surface area is 144 Å². The molecular weight excluding hydrogens is 329 g/mol. The normalized spacial score (nSPS) is 18.3. The average molecular weight is 346 g/mol. The van der Waals surface area contributed by atoms with E-state index in [9.17, 15) is 4.39 Å². The largest absolute Gasteiger partial charge is 0.369 e. The second kappa shape index (κ2) is 6.57. The molecule has 1 aliphatic carbocycles. The summed E-state index contributed by atoms with van der Waals surface area (Å²) in [7, 11) is 0. The van der Waals surface area contributed by atoms with E-state index in [0.29, 0.717) is 17.9 Å². The van der Waals surface area contributed by atoms with Gasteiger partial charge in [0.05, 0.1) is 11.4 Å². The van der Waals surface area contributed by atoms with Crippen molar-refractivity contribution in [1.29, 1.82) is 0 Å². The van der Waals surface area contributed by atoms with Gasteiger partial charge in [0.2, 0.25) is 5.96 Å². The van der Waals surface area contributed by atoms with Crippen LogP contribution in [0, 0.1) is 12.7 Å². The molecule has 124 valence electrons. The smallest absolute Gasteiger partial charge is 0.211 e. The number of hydrogen-bond donors (Lipinski definition) is 2. The lowest BCUT2D eigenvalue weighted by atomic mass is 9.80. The van der Waals surface area contributed by atoms with Crippen molar-refractivity contribution in [3.05, 3.63) is 63.7 Å². The summed E-state index contributed by atoms with van der Waals surface area (Å²) in [5.74, 6) is -0.473. The number of pyridine rings is 1. The van der Waals surface area contributed by atoms with Crippen molar-refractivity contribution in [1.82, 2.24) is 4.98 Å². The van der Waals surface area contributed by atoms with Gasteiger partial charge in [-0.2, -0.15) is 5.10 Å². The third-order valence-electron chi connectivity index (χ3n) is 4.09. The van der Waals surface area contributed by atoms with Crippen LogP contribution in [0.4, 0.5) is 4.39 Å². The molecule has 0 aliphatic heterocycles. The van der Waals surface area contributed by atoms with Crippen LogP contribution in [0.1, 0.15) is 34.7 Å². The molecule has 1 aromatic carbocycles. The zero-order valence-electron chi connectivity index (χ0n) is 13.1. The maximum Gasteiger partial charge on any atom is 0.211 e. The van der Waals surface area contributed by atoms with Gasteiger partial charge in [-0.25, -0.2) is 4.39 Å². The highest BCUT2D eigenvalue weighted by Gasteiger charge is 2.28. The van der Waals surface area contributed by atoms with Crippen molar-refractivity contribution in [2.75, 3.05) is 0 Å². The number of nitrogens with two attached hydrogens (primary N) is 2. The van der Waals surface area contributed by atoms with E-state index < -0.39 is 0 Å². The summed E-state index contributed by atoms with van der Waals surface area (Å²) in [5, 5.41) is 8.50. The van der Waals surface area contributed by atoms with E-state index in [1.807, 2.05) is 13.0 Å². The third kappa shape index (κ3) is 3.23. The molecule has 5 nitrogen and oxygen atoms in total. The van der Waals surface area contributed by atoms with Crippen LogP contribution < -0.4 is 11.5 Å². The Morgan fingerprint density at radius 3 is 2.83 bits per heavy atom. The summed E-state index contributed by atoms with van der Waals surface area (Å²) in [6.45, 7) is 1.99. The van der Waals surface area contributed by atoms with Gasteiger partial charge >= 0.3 is 0 Å². The number of guanidine groups is 1. The average Bonchev–Trinajstić information content (AvgIpc) is 2.54. The molecule has 1 unspecified atom stereocenters. The standard InChI is InChI=1S/C17H17ClFN5/c1-9-4-5-22-14-6-10(12-8-11(19)2-3-13(12)18)7-15(16(9)14)23-24-17(20)21/h2-5,8,10H,6-7H2,1H3,(H4,20,21,24)/b23-15-. The van der Waals surface area contributed by atoms with Gasteiger partial charge < -0.3 is 11.5 Å². The Kier molecular flexibility index (Phi) is 4.49. The van der Waals surface area contributed by atoms with Gasteiger partial charge in [-0.3, -0.25) is 4.98 Å². The van der Waals surface area contributed by atoms with E-state index in [4.69, 9.17) is 23.1 Å². The molecule has 24 heavy (non-hydrogen) atoms. The molecule has 7 heteroatoms. The molecule has 0 bridgehead atoms. The van der Waals surface area contributed by atoms with Gasteiger partial charge in [-0.15, -0.1) is 5.10 Å². The second-order valence-electron chi connectivity index (χ2n) is 5.79. The fourth-order valence-corrected chi connectivity index (χ4v) is 3.33. The zero-order valence-corrected chi connectivity index (χ0v) is 13.9. The Morgan fingerprint density at radius 1 is 1.29 bits per heavy atom. The first-order valence-electron chi connectivity index (χ1n) is 7.51. The summed E-state index contributed by atoms with van der Waals surface area (Å²) >= 11 is 6.27. The van der Waals surface area contributed by atoms with Gasteiger partial charge in [0.15, 0.2) is 0 Å². The predicted molar refractivity (Wildman–Crippen MR) is 93.8 cm³/mol. The van der Waals surface area contributed by atoms with Crippen LogP contribution >= 0.6 is 11.6 Å². The number of halogens is 2. The Morgan fingerprint density at radius 2 is 2.08 bits per heavy atom. The van der Waals surface area contributed by atoms with Gasteiger partial charge in [0, 0.05) is 16.8 Å². The number of hydrogen-bond acceptors (Lipinski definition) is 3. The van der Waals surface area contributed by atoms with E-state index in [-0.39, 0.29) is 17.7 Å². The van der Waals surface area contributed by atoms with Crippen molar-refractivity contribution in [3.8, 4) is 0 Å². The molecular formula is C17H17ClFN5. The van der Waals surface area contributed by atoms with Crippen molar-refractivity contribution in [2.24, 2.45) is 21.7 Å². The number of fused-ring (bicyclic) bond motifs is 1. The van der Waals surface area contributed by atoms with Crippen LogP contribution in [0.5, 0.6) is 0 Å². The highest BCUT2D eigenvalue weighted by atomic mass is 35.5. The molecule has 0 amide bonds. The first-order valence-corrected chi connectivity index (χ1v) is 7.88. The number of nitrogens with zero attached hydrogens (tertiary/aromatic N) is 3. The lowest BCUT2D eigenvalue weighted by molar-refractivity contribution is 0.614. The number of benzene rings is 1. The van der Waals surface area contributed by atoms with Crippen LogP contribution in [0.25, 0.3) is 0 Å². The summed E-state index contributed by atoms with van der Waals surface area (Å²) in [6.07, 6.45) is 2.96. The van der Waals surface area contributed by atoms with Crippen molar-refractivity contribution in [2.45, 2.75) is 25.7 Å². The molecule has 0 fully saturated rings. The van der Waals surface area contributed by atoms with Crippen LogP contribution in [-0.4, -0.2) is 16.7 Å². The number of rotatable bonds is 2. The van der Waals surface area contributed by atoms with E-state index in [1.54, 1.807) is 12.3 Å². The van der Waals surface area contributed by atoms with Gasteiger partial charge in [-0.1, -0.05) is 11.6 Å². The van der Waals surface area contributed by atoms with Gasteiger partial charge in [0.1, 0.15) is 5.82 Å². The maximum absolute atomic E-state index is 13.7. The van der Waals surface area contributed by atoms with Crippen molar-refractivity contribution >= 4 is 23.3 Å². The fourth-order valence-electron chi connectivity index (χ4n) is 3.06. The second-order valence-corrected chi connectivity index (χ2v) is 6.20. The van der Waals surface area contributed by atoms with E-state index >= 15 is 0 Å². The molecule has 1 aromatic heterocycles. The summed E-state index contributed by atoms with van der Waals surface area (Å²) < 4.78 is 13.7.